The van der Waals surface area contributed by atoms with Crippen molar-refractivity contribution >= 4 is 29.5 Å². The predicted octanol–water partition coefficient (Wildman–Crippen LogP) is 3.39. The zero-order chi connectivity index (χ0) is 14.8. The molecule has 2 aromatic carbocycles. The Labute approximate surface area is 126 Å². The number of carbonyl (C=O) groups is 1. The van der Waals surface area contributed by atoms with Crippen LogP contribution in [0, 0.1) is 0 Å². The molecule has 0 bridgehead atoms. The normalized spacial score (nSPS) is 16.0. The second-order valence-electron chi connectivity index (χ2n) is 4.44. The summed E-state index contributed by atoms with van der Waals surface area (Å²) in [6.45, 7) is 0. The average molecular weight is 300 g/mol. The van der Waals surface area contributed by atoms with Crippen LogP contribution in [-0.2, 0) is 9.53 Å². The number of halogens is 1. The molecular formula is C16H10ClNO3. The Morgan fingerprint density at radius 2 is 1.90 bits per heavy atom. The molecule has 0 amide bonds. The minimum Gasteiger partial charge on any atom is -0.508 e. The highest BCUT2D eigenvalue weighted by Crippen LogP contribution is 2.21. The molecule has 2 aromatic rings. The van der Waals surface area contributed by atoms with Crippen LogP contribution in [-0.4, -0.2) is 17.0 Å². The maximum atomic E-state index is 11.8. The number of carbonyl (C=O) groups excluding carboxylic acids is 1. The third-order valence-corrected chi connectivity index (χ3v) is 3.12. The lowest BCUT2D eigenvalue weighted by molar-refractivity contribution is -0.129. The van der Waals surface area contributed by atoms with Crippen LogP contribution in [0.1, 0.15) is 11.1 Å². The third kappa shape index (κ3) is 2.95. The minimum absolute atomic E-state index is 0.161. The lowest BCUT2D eigenvalue weighted by Gasteiger charge is -1.98. The number of cyclic esters (lactones) is 1. The highest BCUT2D eigenvalue weighted by molar-refractivity contribution is 6.31. The summed E-state index contributed by atoms with van der Waals surface area (Å²) in [4.78, 5) is 16.0. The van der Waals surface area contributed by atoms with Crippen LogP contribution in [0.3, 0.4) is 0 Å². The number of aromatic hydroxyl groups is 1. The van der Waals surface area contributed by atoms with Crippen molar-refractivity contribution in [2.24, 2.45) is 4.99 Å². The second-order valence-corrected chi connectivity index (χ2v) is 4.87. The number of rotatable bonds is 2. The van der Waals surface area contributed by atoms with E-state index in [2.05, 4.69) is 4.99 Å². The van der Waals surface area contributed by atoms with Crippen molar-refractivity contribution in [2.75, 3.05) is 0 Å². The Morgan fingerprint density at radius 3 is 2.62 bits per heavy atom. The Kier molecular flexibility index (Phi) is 3.46. The molecule has 0 atom stereocenters. The first-order valence-corrected chi connectivity index (χ1v) is 6.57. The van der Waals surface area contributed by atoms with Crippen molar-refractivity contribution in [1.82, 2.24) is 0 Å². The molecule has 1 aliphatic rings. The van der Waals surface area contributed by atoms with Gasteiger partial charge in [0.15, 0.2) is 5.70 Å². The second kappa shape index (κ2) is 5.42. The van der Waals surface area contributed by atoms with Gasteiger partial charge in [-0.1, -0.05) is 29.8 Å². The van der Waals surface area contributed by atoms with E-state index in [0.717, 1.165) is 5.56 Å². The number of nitrogens with zero attached hydrogens (tertiary/aromatic N) is 1. The molecule has 1 N–H and O–H groups in total. The molecule has 5 heteroatoms. The van der Waals surface area contributed by atoms with Gasteiger partial charge in [0.25, 0.3) is 0 Å². The van der Waals surface area contributed by atoms with E-state index in [-0.39, 0.29) is 17.3 Å². The smallest absolute Gasteiger partial charge is 0.363 e. The summed E-state index contributed by atoms with van der Waals surface area (Å²) in [6, 6.07) is 13.4. The van der Waals surface area contributed by atoms with Gasteiger partial charge in [-0.2, -0.15) is 0 Å². The van der Waals surface area contributed by atoms with E-state index in [1.165, 1.54) is 12.1 Å². The Bertz CT molecular complexity index is 763. The molecule has 0 radical (unpaired) electrons. The summed E-state index contributed by atoms with van der Waals surface area (Å²) in [5.74, 6) is -0.125. The summed E-state index contributed by atoms with van der Waals surface area (Å²) in [7, 11) is 0. The van der Waals surface area contributed by atoms with E-state index in [4.69, 9.17) is 16.3 Å². The summed E-state index contributed by atoms with van der Waals surface area (Å²) < 4.78 is 5.15. The van der Waals surface area contributed by atoms with E-state index in [1.807, 2.05) is 0 Å². The van der Waals surface area contributed by atoms with Crippen LogP contribution in [0.5, 0.6) is 5.75 Å². The number of hydrogen-bond acceptors (Lipinski definition) is 4. The van der Waals surface area contributed by atoms with Gasteiger partial charge in [-0.3, -0.25) is 0 Å². The van der Waals surface area contributed by atoms with Gasteiger partial charge in [-0.05, 0) is 42.0 Å². The van der Waals surface area contributed by atoms with Crippen molar-refractivity contribution in [2.45, 2.75) is 0 Å². The summed E-state index contributed by atoms with van der Waals surface area (Å²) in [5, 5.41) is 9.78. The molecule has 1 heterocycles. The molecule has 0 saturated heterocycles. The van der Waals surface area contributed by atoms with Gasteiger partial charge in [0.05, 0.1) is 0 Å². The fourth-order valence-corrected chi connectivity index (χ4v) is 2.07. The molecule has 0 aliphatic carbocycles. The molecule has 0 aromatic heterocycles. The van der Waals surface area contributed by atoms with Crippen molar-refractivity contribution in [3.63, 3.8) is 0 Å². The first-order chi connectivity index (χ1) is 10.1. The zero-order valence-electron chi connectivity index (χ0n) is 10.8. The molecule has 4 nitrogen and oxygen atoms in total. The van der Waals surface area contributed by atoms with Crippen molar-refractivity contribution < 1.29 is 14.6 Å². The Hall–Kier alpha value is -2.59. The maximum absolute atomic E-state index is 11.8. The molecule has 0 saturated carbocycles. The first-order valence-electron chi connectivity index (χ1n) is 6.19. The van der Waals surface area contributed by atoms with Crippen LogP contribution in [0.2, 0.25) is 5.02 Å². The maximum Gasteiger partial charge on any atom is 0.363 e. The van der Waals surface area contributed by atoms with Gasteiger partial charge >= 0.3 is 5.97 Å². The van der Waals surface area contributed by atoms with E-state index in [1.54, 1.807) is 42.5 Å². The highest BCUT2D eigenvalue weighted by Gasteiger charge is 2.24. The van der Waals surface area contributed by atoms with Crippen LogP contribution < -0.4 is 0 Å². The number of aliphatic imine (C=N–C) groups is 1. The third-order valence-electron chi connectivity index (χ3n) is 2.89. The first kappa shape index (κ1) is 13.4. The number of benzene rings is 2. The number of hydrogen-bond donors (Lipinski definition) is 1. The minimum atomic E-state index is -0.516. The number of phenols is 1. The average Bonchev–Trinajstić information content (AvgIpc) is 2.83. The molecule has 21 heavy (non-hydrogen) atoms. The van der Waals surface area contributed by atoms with E-state index < -0.39 is 5.97 Å². The molecule has 0 unspecified atom stereocenters. The molecule has 104 valence electrons. The molecule has 1 aliphatic heterocycles. The van der Waals surface area contributed by atoms with Gasteiger partial charge < -0.3 is 9.84 Å². The summed E-state index contributed by atoms with van der Waals surface area (Å²) in [6.07, 6.45) is 1.60. The van der Waals surface area contributed by atoms with Gasteiger partial charge in [-0.15, -0.1) is 0 Å². The topological polar surface area (TPSA) is 58.9 Å². The molecule has 0 spiro atoms. The standard InChI is InChI=1S/C16H10ClNO3/c17-12-3-1-2-11(9-12)15-18-14(16(20)21-15)8-10-4-6-13(19)7-5-10/h1-9,19H/b14-8+. The monoisotopic (exact) mass is 299 g/mol. The lowest BCUT2D eigenvalue weighted by Crippen LogP contribution is -2.05. The van der Waals surface area contributed by atoms with Gasteiger partial charge in [-0.25, -0.2) is 9.79 Å². The van der Waals surface area contributed by atoms with Crippen LogP contribution >= 0.6 is 11.6 Å². The predicted molar refractivity (Wildman–Crippen MR) is 80.2 cm³/mol. The summed E-state index contributed by atoms with van der Waals surface area (Å²) >= 11 is 5.91. The number of esters is 1. The van der Waals surface area contributed by atoms with Crippen LogP contribution in [0.25, 0.3) is 6.08 Å². The van der Waals surface area contributed by atoms with E-state index in [9.17, 15) is 9.90 Å². The van der Waals surface area contributed by atoms with E-state index in [0.29, 0.717) is 10.6 Å². The van der Waals surface area contributed by atoms with Gasteiger partial charge in [0.1, 0.15) is 5.75 Å². The molecule has 0 fully saturated rings. The number of ether oxygens (including phenoxy) is 1. The van der Waals surface area contributed by atoms with Crippen molar-refractivity contribution in [3.8, 4) is 5.75 Å². The van der Waals surface area contributed by atoms with Crippen LogP contribution in [0.4, 0.5) is 0 Å². The number of phenolic OH excluding ortho intramolecular Hbond substituents is 1. The van der Waals surface area contributed by atoms with Crippen molar-refractivity contribution in [3.05, 3.63) is 70.4 Å². The fraction of sp³-hybridized carbons (Fsp3) is 0. The molecule has 3 rings (SSSR count). The fourth-order valence-electron chi connectivity index (χ4n) is 1.88. The lowest BCUT2D eigenvalue weighted by atomic mass is 10.2. The molecular weight excluding hydrogens is 290 g/mol. The van der Waals surface area contributed by atoms with Gasteiger partial charge in [0.2, 0.25) is 5.90 Å². The Morgan fingerprint density at radius 1 is 1.14 bits per heavy atom. The van der Waals surface area contributed by atoms with Crippen molar-refractivity contribution in [1.29, 1.82) is 0 Å². The Balaban J connectivity index is 1.93. The largest absolute Gasteiger partial charge is 0.508 e. The van der Waals surface area contributed by atoms with Crippen LogP contribution in [0.15, 0.2) is 59.2 Å². The zero-order valence-corrected chi connectivity index (χ0v) is 11.5. The SMILES string of the molecule is O=C1OC(c2cccc(Cl)c2)=N/C1=C/c1ccc(O)cc1. The quantitative estimate of drug-likeness (QED) is 0.683. The highest BCUT2D eigenvalue weighted by atomic mass is 35.5. The van der Waals surface area contributed by atoms with Gasteiger partial charge in [0, 0.05) is 10.6 Å². The summed E-state index contributed by atoms with van der Waals surface area (Å²) in [5.41, 5.74) is 1.59. The van der Waals surface area contributed by atoms with E-state index >= 15 is 0 Å².